The highest BCUT2D eigenvalue weighted by Crippen LogP contribution is 2.11. The molecule has 0 saturated heterocycles. The van der Waals surface area contributed by atoms with E-state index in [-0.39, 0.29) is 6.10 Å². The van der Waals surface area contributed by atoms with Crippen molar-refractivity contribution in [1.29, 1.82) is 0 Å². The molecule has 0 bridgehead atoms. The Morgan fingerprint density at radius 2 is 2.18 bits per heavy atom. The fourth-order valence-electron chi connectivity index (χ4n) is 1.68. The van der Waals surface area contributed by atoms with E-state index >= 15 is 0 Å². The first-order chi connectivity index (χ1) is 8.11. The summed E-state index contributed by atoms with van der Waals surface area (Å²) in [4.78, 5) is 0. The minimum Gasteiger partial charge on any atom is -0.472 e. The zero-order valence-corrected chi connectivity index (χ0v) is 11.4. The van der Waals surface area contributed by atoms with Gasteiger partial charge in [0, 0.05) is 18.3 Å². The van der Waals surface area contributed by atoms with E-state index < -0.39 is 0 Å². The highest BCUT2D eigenvalue weighted by molar-refractivity contribution is 5.12. The summed E-state index contributed by atoms with van der Waals surface area (Å²) in [5, 5.41) is 10.4. The van der Waals surface area contributed by atoms with Crippen molar-refractivity contribution in [2.24, 2.45) is 5.92 Å². The molecule has 2 N–H and O–H groups in total. The summed E-state index contributed by atoms with van der Waals surface area (Å²) in [6.45, 7) is 10.5. The van der Waals surface area contributed by atoms with Gasteiger partial charge in [-0.05, 0) is 25.8 Å². The van der Waals surface area contributed by atoms with Crippen LogP contribution in [-0.2, 0) is 0 Å². The summed E-state index contributed by atoms with van der Waals surface area (Å²) in [7, 11) is 0. The molecular weight excluding hydrogens is 214 g/mol. The molecule has 0 aromatic carbocycles. The van der Waals surface area contributed by atoms with Gasteiger partial charge < -0.3 is 10.1 Å². The van der Waals surface area contributed by atoms with Crippen molar-refractivity contribution < 1.29 is 4.74 Å². The Labute approximate surface area is 104 Å². The first-order valence-electron chi connectivity index (χ1n) is 6.51. The number of hydrogen-bond acceptors (Lipinski definition) is 3. The molecule has 1 rings (SSSR count). The van der Waals surface area contributed by atoms with Gasteiger partial charge in [-0.15, -0.1) is 5.10 Å². The number of aromatic nitrogens is 2. The van der Waals surface area contributed by atoms with E-state index in [1.807, 2.05) is 13.0 Å². The van der Waals surface area contributed by atoms with Crippen LogP contribution in [0.25, 0.3) is 0 Å². The van der Waals surface area contributed by atoms with Crippen molar-refractivity contribution in [2.45, 2.75) is 46.6 Å². The number of nitrogens with zero attached hydrogens (tertiary/aromatic N) is 1. The van der Waals surface area contributed by atoms with Crippen LogP contribution in [0.1, 0.15) is 39.3 Å². The molecule has 1 unspecified atom stereocenters. The molecule has 0 saturated carbocycles. The highest BCUT2D eigenvalue weighted by atomic mass is 16.5. The predicted molar refractivity (Wildman–Crippen MR) is 70.4 cm³/mol. The first-order valence-corrected chi connectivity index (χ1v) is 6.51. The van der Waals surface area contributed by atoms with Crippen LogP contribution in [0.5, 0.6) is 5.88 Å². The van der Waals surface area contributed by atoms with E-state index in [0.29, 0.717) is 11.8 Å². The lowest BCUT2D eigenvalue weighted by Gasteiger charge is -2.18. The lowest BCUT2D eigenvalue weighted by atomic mass is 10.2. The summed E-state index contributed by atoms with van der Waals surface area (Å²) >= 11 is 0. The molecule has 4 heteroatoms. The Morgan fingerprint density at radius 3 is 2.71 bits per heavy atom. The van der Waals surface area contributed by atoms with Gasteiger partial charge in [-0.1, -0.05) is 27.2 Å². The van der Waals surface area contributed by atoms with Gasteiger partial charge in [-0.25, -0.2) is 0 Å². The molecule has 1 heterocycles. The predicted octanol–water partition coefficient (Wildman–Crippen LogP) is 2.51. The van der Waals surface area contributed by atoms with Crippen molar-refractivity contribution in [3.8, 4) is 5.88 Å². The summed E-state index contributed by atoms with van der Waals surface area (Å²) in [5.41, 5.74) is 1.03. The summed E-state index contributed by atoms with van der Waals surface area (Å²) in [6, 6.07) is 1.94. The number of ether oxygens (including phenoxy) is 1. The number of nitrogens with one attached hydrogen (secondary N) is 2. The van der Waals surface area contributed by atoms with E-state index in [2.05, 4.69) is 36.3 Å². The number of H-pyrrole nitrogens is 1. The molecule has 17 heavy (non-hydrogen) atoms. The van der Waals surface area contributed by atoms with Crippen LogP contribution in [0.15, 0.2) is 6.07 Å². The first kappa shape index (κ1) is 14.0. The normalized spacial score (nSPS) is 13.0. The second-order valence-corrected chi connectivity index (χ2v) is 4.97. The Kier molecular flexibility index (Phi) is 6.05. The summed E-state index contributed by atoms with van der Waals surface area (Å²) in [5.74, 6) is 1.37. The lowest BCUT2D eigenvalue weighted by Crippen LogP contribution is -2.33. The van der Waals surface area contributed by atoms with Crippen LogP contribution in [-0.4, -0.2) is 29.4 Å². The lowest BCUT2D eigenvalue weighted by molar-refractivity contribution is 0.177. The highest BCUT2D eigenvalue weighted by Gasteiger charge is 2.11. The quantitative estimate of drug-likeness (QED) is 0.733. The molecule has 0 fully saturated rings. The summed E-state index contributed by atoms with van der Waals surface area (Å²) < 4.78 is 5.85. The van der Waals surface area contributed by atoms with Gasteiger partial charge in [0.2, 0.25) is 5.88 Å². The van der Waals surface area contributed by atoms with Gasteiger partial charge in [-0.2, -0.15) is 0 Å². The van der Waals surface area contributed by atoms with Crippen molar-refractivity contribution in [2.75, 3.05) is 13.1 Å². The van der Waals surface area contributed by atoms with Crippen molar-refractivity contribution in [3.05, 3.63) is 11.8 Å². The van der Waals surface area contributed by atoms with E-state index in [1.54, 1.807) is 0 Å². The van der Waals surface area contributed by atoms with Gasteiger partial charge in [-0.3, -0.25) is 5.10 Å². The smallest absolute Gasteiger partial charge is 0.233 e. The third-order valence-corrected chi connectivity index (χ3v) is 2.51. The fraction of sp³-hybridized carbons (Fsp3) is 0.769. The van der Waals surface area contributed by atoms with Crippen LogP contribution in [0.2, 0.25) is 0 Å². The average Bonchev–Trinajstić information content (AvgIpc) is 2.63. The van der Waals surface area contributed by atoms with E-state index in [1.165, 1.54) is 0 Å². The number of aromatic amines is 1. The molecule has 0 aliphatic rings. The molecule has 0 radical (unpaired) electrons. The Hall–Kier alpha value is -1.03. The maximum Gasteiger partial charge on any atom is 0.233 e. The number of hydrogen-bond donors (Lipinski definition) is 2. The molecule has 0 spiro atoms. The molecule has 1 aromatic rings. The van der Waals surface area contributed by atoms with Crippen LogP contribution in [0, 0.1) is 12.8 Å². The van der Waals surface area contributed by atoms with Crippen LogP contribution < -0.4 is 10.1 Å². The maximum absolute atomic E-state index is 5.85. The zero-order chi connectivity index (χ0) is 12.7. The largest absolute Gasteiger partial charge is 0.472 e. The third kappa shape index (κ3) is 5.73. The van der Waals surface area contributed by atoms with Crippen LogP contribution in [0.4, 0.5) is 0 Å². The Morgan fingerprint density at radius 1 is 1.41 bits per heavy atom. The monoisotopic (exact) mass is 239 g/mol. The molecular formula is C13H25N3O. The molecule has 98 valence electrons. The van der Waals surface area contributed by atoms with E-state index in [4.69, 9.17) is 4.74 Å². The van der Waals surface area contributed by atoms with E-state index in [0.717, 1.165) is 31.6 Å². The van der Waals surface area contributed by atoms with Crippen LogP contribution in [0.3, 0.4) is 0 Å². The van der Waals surface area contributed by atoms with Gasteiger partial charge >= 0.3 is 0 Å². The molecule has 1 atom stereocenters. The topological polar surface area (TPSA) is 49.9 Å². The zero-order valence-electron chi connectivity index (χ0n) is 11.4. The SMILES string of the molecule is CCCC(CNCC(C)C)Oc1cc(C)[nH]n1. The number of rotatable bonds is 8. The van der Waals surface area contributed by atoms with Gasteiger partial charge in [0.15, 0.2) is 0 Å². The summed E-state index contributed by atoms with van der Waals surface area (Å²) in [6.07, 6.45) is 2.38. The number of aryl methyl sites for hydroxylation is 1. The minimum atomic E-state index is 0.210. The van der Waals surface area contributed by atoms with Gasteiger partial charge in [0.1, 0.15) is 6.10 Å². The third-order valence-electron chi connectivity index (χ3n) is 2.51. The second kappa shape index (κ2) is 7.33. The van der Waals surface area contributed by atoms with Gasteiger partial charge in [0.25, 0.3) is 0 Å². The van der Waals surface area contributed by atoms with Crippen molar-refractivity contribution in [3.63, 3.8) is 0 Å². The van der Waals surface area contributed by atoms with Crippen molar-refractivity contribution >= 4 is 0 Å². The Bertz CT molecular complexity index is 309. The molecule has 0 amide bonds. The second-order valence-electron chi connectivity index (χ2n) is 4.97. The fourth-order valence-corrected chi connectivity index (χ4v) is 1.68. The molecule has 4 nitrogen and oxygen atoms in total. The molecule has 1 aromatic heterocycles. The van der Waals surface area contributed by atoms with Crippen molar-refractivity contribution in [1.82, 2.24) is 15.5 Å². The molecule has 0 aliphatic heterocycles. The van der Waals surface area contributed by atoms with Crippen LogP contribution >= 0.6 is 0 Å². The van der Waals surface area contributed by atoms with Gasteiger partial charge in [0.05, 0.1) is 0 Å². The van der Waals surface area contributed by atoms with E-state index in [9.17, 15) is 0 Å². The minimum absolute atomic E-state index is 0.210. The standard InChI is InChI=1S/C13H25N3O/c1-5-6-12(9-14-8-10(2)3)17-13-7-11(4)15-16-13/h7,10,12,14H,5-6,8-9H2,1-4H3,(H,15,16). The average molecular weight is 239 g/mol. The maximum atomic E-state index is 5.85. The Balaban J connectivity index is 2.37. The molecule has 0 aliphatic carbocycles.